The van der Waals surface area contributed by atoms with Gasteiger partial charge in [-0.2, -0.15) is 11.3 Å². The molecule has 4 nitrogen and oxygen atoms in total. The Labute approximate surface area is 98.7 Å². The van der Waals surface area contributed by atoms with E-state index in [1.165, 1.54) is 5.56 Å². The van der Waals surface area contributed by atoms with Crippen molar-refractivity contribution in [3.05, 3.63) is 34.2 Å². The maximum absolute atomic E-state index is 5.59. The fourth-order valence-corrected chi connectivity index (χ4v) is 2.14. The highest BCUT2D eigenvalue weighted by molar-refractivity contribution is 7.07. The number of nitrogens with one attached hydrogen (secondary N) is 1. The van der Waals surface area contributed by atoms with E-state index >= 15 is 0 Å². The zero-order chi connectivity index (χ0) is 11.4. The van der Waals surface area contributed by atoms with E-state index in [0.29, 0.717) is 11.8 Å². The van der Waals surface area contributed by atoms with Crippen LogP contribution >= 0.6 is 11.3 Å². The van der Waals surface area contributed by atoms with Crippen molar-refractivity contribution in [3.8, 4) is 0 Å². The van der Waals surface area contributed by atoms with Gasteiger partial charge in [-0.15, -0.1) is 10.2 Å². The third kappa shape index (κ3) is 2.68. The maximum Gasteiger partial charge on any atom is 0.233 e. The monoisotopic (exact) mass is 237 g/mol. The summed E-state index contributed by atoms with van der Waals surface area (Å²) in [6.07, 6.45) is 0.718. The van der Waals surface area contributed by atoms with Gasteiger partial charge in [0, 0.05) is 0 Å². The van der Waals surface area contributed by atoms with Gasteiger partial charge in [0.1, 0.15) is 0 Å². The number of aromatic nitrogens is 2. The fourth-order valence-electron chi connectivity index (χ4n) is 1.47. The quantitative estimate of drug-likeness (QED) is 0.867. The van der Waals surface area contributed by atoms with Crippen LogP contribution in [0.25, 0.3) is 0 Å². The molecule has 0 aliphatic heterocycles. The molecule has 2 rings (SSSR count). The molecule has 0 radical (unpaired) electrons. The lowest BCUT2D eigenvalue weighted by Crippen LogP contribution is -2.17. The molecule has 1 N–H and O–H groups in total. The van der Waals surface area contributed by atoms with Gasteiger partial charge >= 0.3 is 0 Å². The number of hydrogen-bond acceptors (Lipinski definition) is 5. The molecule has 0 aromatic carbocycles. The Morgan fingerprint density at radius 1 is 1.50 bits per heavy atom. The molecule has 0 saturated heterocycles. The Balaban J connectivity index is 2.02. The molecule has 2 heterocycles. The molecule has 5 heteroatoms. The molecule has 0 fully saturated rings. The van der Waals surface area contributed by atoms with Gasteiger partial charge in [0.2, 0.25) is 11.8 Å². The molecule has 0 aliphatic carbocycles. The Morgan fingerprint density at radius 3 is 3.06 bits per heavy atom. The molecule has 0 aliphatic rings. The first-order valence-electron chi connectivity index (χ1n) is 5.36. The van der Waals surface area contributed by atoms with Crippen LogP contribution in [0.2, 0.25) is 0 Å². The van der Waals surface area contributed by atoms with Gasteiger partial charge in [-0.05, 0) is 35.9 Å². The smallest absolute Gasteiger partial charge is 0.233 e. The third-order valence-electron chi connectivity index (χ3n) is 2.30. The summed E-state index contributed by atoms with van der Waals surface area (Å²) in [5, 5.41) is 15.5. The second-order valence-electron chi connectivity index (χ2n) is 3.62. The van der Waals surface area contributed by atoms with Crippen LogP contribution in [0.4, 0.5) is 0 Å². The Kier molecular flexibility index (Phi) is 3.69. The van der Waals surface area contributed by atoms with E-state index in [-0.39, 0.29) is 6.04 Å². The molecule has 0 spiro atoms. The van der Waals surface area contributed by atoms with Crippen molar-refractivity contribution in [1.82, 2.24) is 15.5 Å². The molecular formula is C11H15N3OS. The second kappa shape index (κ2) is 5.23. The highest BCUT2D eigenvalue weighted by Crippen LogP contribution is 2.14. The van der Waals surface area contributed by atoms with Gasteiger partial charge in [0.05, 0.1) is 12.5 Å². The van der Waals surface area contributed by atoms with E-state index in [4.69, 9.17) is 4.42 Å². The first kappa shape index (κ1) is 11.3. The molecule has 0 saturated carbocycles. The largest absolute Gasteiger partial charge is 0.423 e. The third-order valence-corrected chi connectivity index (χ3v) is 3.03. The molecule has 1 unspecified atom stereocenters. The van der Waals surface area contributed by atoms with Crippen LogP contribution in [0.15, 0.2) is 21.2 Å². The number of hydrogen-bond donors (Lipinski definition) is 1. The number of rotatable bonds is 5. The Morgan fingerprint density at radius 2 is 2.38 bits per heavy atom. The number of nitrogens with zero attached hydrogens (tertiary/aromatic N) is 2. The average molecular weight is 237 g/mol. The molecule has 1 atom stereocenters. The molecule has 0 bridgehead atoms. The van der Waals surface area contributed by atoms with Crippen LogP contribution in [0, 0.1) is 0 Å². The summed E-state index contributed by atoms with van der Waals surface area (Å²) in [7, 11) is 0. The van der Waals surface area contributed by atoms with E-state index in [0.717, 1.165) is 13.0 Å². The van der Waals surface area contributed by atoms with Crippen LogP contribution in [-0.4, -0.2) is 16.7 Å². The topological polar surface area (TPSA) is 51.0 Å². The summed E-state index contributed by atoms with van der Waals surface area (Å²) < 4.78 is 5.59. The molecule has 16 heavy (non-hydrogen) atoms. The summed E-state index contributed by atoms with van der Waals surface area (Å²) in [6.45, 7) is 4.97. The summed E-state index contributed by atoms with van der Waals surface area (Å²) in [4.78, 5) is 0. The normalized spacial score (nSPS) is 12.9. The minimum absolute atomic E-state index is 0.119. The van der Waals surface area contributed by atoms with E-state index in [1.807, 2.05) is 12.3 Å². The van der Waals surface area contributed by atoms with Gasteiger partial charge in [-0.25, -0.2) is 0 Å². The predicted molar refractivity (Wildman–Crippen MR) is 63.5 cm³/mol. The zero-order valence-corrected chi connectivity index (χ0v) is 10.3. The van der Waals surface area contributed by atoms with Crippen molar-refractivity contribution in [2.45, 2.75) is 26.3 Å². The SMILES string of the molecule is CCNC(C)c1nnc(Cc2ccsc2)o1. The van der Waals surface area contributed by atoms with E-state index in [1.54, 1.807) is 11.3 Å². The minimum atomic E-state index is 0.119. The van der Waals surface area contributed by atoms with Gasteiger partial charge in [-0.1, -0.05) is 6.92 Å². The van der Waals surface area contributed by atoms with Crippen LogP contribution in [0.3, 0.4) is 0 Å². The van der Waals surface area contributed by atoms with E-state index in [2.05, 4.69) is 33.9 Å². The fraction of sp³-hybridized carbons (Fsp3) is 0.455. The lowest BCUT2D eigenvalue weighted by atomic mass is 10.2. The van der Waals surface area contributed by atoms with Gasteiger partial charge in [0.15, 0.2) is 0 Å². The van der Waals surface area contributed by atoms with Crippen LogP contribution in [-0.2, 0) is 6.42 Å². The molecular weight excluding hydrogens is 222 g/mol. The second-order valence-corrected chi connectivity index (χ2v) is 4.40. The van der Waals surface area contributed by atoms with Crippen LogP contribution in [0.1, 0.15) is 37.2 Å². The molecule has 2 aromatic heterocycles. The van der Waals surface area contributed by atoms with Crippen molar-refractivity contribution in [1.29, 1.82) is 0 Å². The Hall–Kier alpha value is -1.20. The van der Waals surface area contributed by atoms with Crippen LogP contribution < -0.4 is 5.32 Å². The first-order chi connectivity index (χ1) is 7.79. The highest BCUT2D eigenvalue weighted by Gasteiger charge is 2.12. The van der Waals surface area contributed by atoms with E-state index in [9.17, 15) is 0 Å². The molecule has 0 amide bonds. The molecule has 86 valence electrons. The average Bonchev–Trinajstić information content (AvgIpc) is 2.90. The lowest BCUT2D eigenvalue weighted by Gasteiger charge is -2.05. The summed E-state index contributed by atoms with van der Waals surface area (Å²) >= 11 is 1.68. The predicted octanol–water partition coefficient (Wildman–Crippen LogP) is 2.39. The maximum atomic E-state index is 5.59. The summed E-state index contributed by atoms with van der Waals surface area (Å²) in [5.41, 5.74) is 1.22. The standard InChI is InChI=1S/C11H15N3OS/c1-3-12-8(2)11-14-13-10(15-11)6-9-4-5-16-7-9/h4-5,7-8,12H,3,6H2,1-2H3. The lowest BCUT2D eigenvalue weighted by molar-refractivity contribution is 0.401. The summed E-state index contributed by atoms with van der Waals surface area (Å²) in [6, 6.07) is 2.19. The molecule has 2 aromatic rings. The van der Waals surface area contributed by atoms with Crippen molar-refractivity contribution in [3.63, 3.8) is 0 Å². The van der Waals surface area contributed by atoms with Gasteiger partial charge in [0.25, 0.3) is 0 Å². The highest BCUT2D eigenvalue weighted by atomic mass is 32.1. The summed E-state index contributed by atoms with van der Waals surface area (Å²) in [5.74, 6) is 1.34. The van der Waals surface area contributed by atoms with E-state index < -0.39 is 0 Å². The number of thiophene rings is 1. The Bertz CT molecular complexity index is 424. The van der Waals surface area contributed by atoms with Crippen molar-refractivity contribution in [2.24, 2.45) is 0 Å². The van der Waals surface area contributed by atoms with Crippen molar-refractivity contribution < 1.29 is 4.42 Å². The van der Waals surface area contributed by atoms with Crippen molar-refractivity contribution >= 4 is 11.3 Å². The van der Waals surface area contributed by atoms with Crippen molar-refractivity contribution in [2.75, 3.05) is 6.54 Å². The van der Waals surface area contributed by atoms with Gasteiger partial charge < -0.3 is 9.73 Å². The van der Waals surface area contributed by atoms with Gasteiger partial charge in [-0.3, -0.25) is 0 Å². The zero-order valence-electron chi connectivity index (χ0n) is 9.43. The van der Waals surface area contributed by atoms with Crippen LogP contribution in [0.5, 0.6) is 0 Å². The minimum Gasteiger partial charge on any atom is -0.423 e. The first-order valence-corrected chi connectivity index (χ1v) is 6.30.